The summed E-state index contributed by atoms with van der Waals surface area (Å²) in [4.78, 5) is 27.5. The number of carbonyl (C=O) groups is 1. The molecule has 1 heterocycles. The number of nitrogens with zero attached hydrogens (tertiary/aromatic N) is 2. The van der Waals surface area contributed by atoms with Gasteiger partial charge in [0.25, 0.3) is 5.69 Å². The molecular weight excluding hydrogens is 432 g/mol. The summed E-state index contributed by atoms with van der Waals surface area (Å²) in [6.45, 7) is 0.137. The van der Waals surface area contributed by atoms with Crippen LogP contribution in [0.2, 0.25) is 0 Å². The molecular formula is C27H18N2O5. The minimum absolute atomic E-state index is 0.000705. The lowest BCUT2D eigenvalue weighted by Crippen LogP contribution is -2.05. The summed E-state index contributed by atoms with van der Waals surface area (Å²) in [6, 6.07) is 27.1. The number of esters is 1. The number of rotatable bonds is 6. The molecule has 4 aromatic rings. The molecule has 4 aromatic carbocycles. The summed E-state index contributed by atoms with van der Waals surface area (Å²) in [7, 11) is 0. The molecule has 1 aliphatic rings. The van der Waals surface area contributed by atoms with E-state index in [-0.39, 0.29) is 23.9 Å². The second-order valence-electron chi connectivity index (χ2n) is 7.65. The van der Waals surface area contributed by atoms with Gasteiger partial charge in [-0.2, -0.15) is 0 Å². The van der Waals surface area contributed by atoms with Crippen LogP contribution in [0.15, 0.2) is 102 Å². The van der Waals surface area contributed by atoms with Crippen LogP contribution in [-0.2, 0) is 16.1 Å². The number of carbonyl (C=O) groups excluding carboxylic acids is 1. The van der Waals surface area contributed by atoms with Gasteiger partial charge in [-0.1, -0.05) is 60.7 Å². The number of benzene rings is 4. The molecule has 0 amide bonds. The first kappa shape index (κ1) is 21.1. The van der Waals surface area contributed by atoms with Crippen molar-refractivity contribution in [2.75, 3.05) is 0 Å². The third-order valence-electron chi connectivity index (χ3n) is 5.34. The molecule has 166 valence electrons. The van der Waals surface area contributed by atoms with Crippen molar-refractivity contribution in [1.29, 1.82) is 0 Å². The molecule has 0 fully saturated rings. The summed E-state index contributed by atoms with van der Waals surface area (Å²) >= 11 is 0. The Morgan fingerprint density at radius 1 is 0.912 bits per heavy atom. The highest BCUT2D eigenvalue weighted by Crippen LogP contribution is 2.26. The molecule has 0 bridgehead atoms. The van der Waals surface area contributed by atoms with Crippen molar-refractivity contribution in [2.24, 2.45) is 4.99 Å². The number of hydrogen-bond donors (Lipinski definition) is 0. The van der Waals surface area contributed by atoms with Gasteiger partial charge in [0.05, 0.1) is 4.92 Å². The van der Waals surface area contributed by atoms with Gasteiger partial charge in [0.2, 0.25) is 5.90 Å². The first-order valence-corrected chi connectivity index (χ1v) is 10.5. The number of fused-ring (bicyclic) bond motifs is 1. The third kappa shape index (κ3) is 4.40. The fourth-order valence-electron chi connectivity index (χ4n) is 3.65. The lowest BCUT2D eigenvalue weighted by atomic mass is 10.1. The van der Waals surface area contributed by atoms with E-state index in [2.05, 4.69) is 4.99 Å². The van der Waals surface area contributed by atoms with Crippen LogP contribution in [0.3, 0.4) is 0 Å². The molecule has 0 spiro atoms. The van der Waals surface area contributed by atoms with E-state index in [9.17, 15) is 14.9 Å². The van der Waals surface area contributed by atoms with Crippen LogP contribution >= 0.6 is 0 Å². The molecule has 0 radical (unpaired) electrons. The lowest BCUT2D eigenvalue weighted by Gasteiger charge is -2.09. The SMILES string of the molecule is O=C1OC(c2ccc3ccccc3c2)=N/C1=C\c1ccccc1OCc1cccc([N+](=O)[O-])c1. The lowest BCUT2D eigenvalue weighted by molar-refractivity contribution is -0.384. The molecule has 5 rings (SSSR count). The summed E-state index contributed by atoms with van der Waals surface area (Å²) < 4.78 is 11.3. The standard InChI is InChI=1S/C27H18N2O5/c30-27-24(28-26(34-27)22-13-12-19-7-1-2-8-20(19)15-22)16-21-9-3-4-11-25(21)33-17-18-6-5-10-23(14-18)29(31)32/h1-16H,17H2/b24-16-. The topological polar surface area (TPSA) is 91.0 Å². The maximum Gasteiger partial charge on any atom is 0.363 e. The molecule has 0 aliphatic carbocycles. The number of hydrogen-bond acceptors (Lipinski definition) is 6. The van der Waals surface area contributed by atoms with Crippen LogP contribution in [0.5, 0.6) is 5.75 Å². The number of para-hydroxylation sites is 1. The van der Waals surface area contributed by atoms with Crippen molar-refractivity contribution in [2.45, 2.75) is 6.61 Å². The van der Waals surface area contributed by atoms with Crippen molar-refractivity contribution in [1.82, 2.24) is 0 Å². The number of aliphatic imine (C=N–C) groups is 1. The number of non-ortho nitro benzene ring substituents is 1. The van der Waals surface area contributed by atoms with E-state index in [1.54, 1.807) is 30.3 Å². The Kier molecular flexibility index (Phi) is 5.58. The van der Waals surface area contributed by atoms with Gasteiger partial charge >= 0.3 is 5.97 Å². The van der Waals surface area contributed by atoms with Gasteiger partial charge in [-0.05, 0) is 40.6 Å². The summed E-state index contributed by atoms with van der Waals surface area (Å²) in [5.41, 5.74) is 2.18. The van der Waals surface area contributed by atoms with Gasteiger partial charge in [0.15, 0.2) is 5.70 Å². The maximum absolute atomic E-state index is 12.5. The van der Waals surface area contributed by atoms with E-state index in [0.717, 1.165) is 10.8 Å². The zero-order valence-corrected chi connectivity index (χ0v) is 17.9. The van der Waals surface area contributed by atoms with Crippen LogP contribution in [0.4, 0.5) is 5.69 Å². The van der Waals surface area contributed by atoms with Gasteiger partial charge in [0.1, 0.15) is 12.4 Å². The highest BCUT2D eigenvalue weighted by atomic mass is 16.6. The normalized spacial score (nSPS) is 14.2. The van der Waals surface area contributed by atoms with Gasteiger partial charge < -0.3 is 9.47 Å². The first-order valence-electron chi connectivity index (χ1n) is 10.5. The summed E-state index contributed by atoms with van der Waals surface area (Å²) in [6.07, 6.45) is 1.61. The van der Waals surface area contributed by atoms with E-state index in [1.807, 2.05) is 54.6 Å². The first-order chi connectivity index (χ1) is 16.6. The highest BCUT2D eigenvalue weighted by molar-refractivity contribution is 6.13. The molecule has 1 aliphatic heterocycles. The molecule has 0 saturated carbocycles. The minimum atomic E-state index is -0.545. The fourth-order valence-corrected chi connectivity index (χ4v) is 3.65. The predicted octanol–water partition coefficient (Wildman–Crippen LogP) is 5.67. The van der Waals surface area contributed by atoms with Crippen molar-refractivity contribution in [3.63, 3.8) is 0 Å². The van der Waals surface area contributed by atoms with Gasteiger partial charge in [0, 0.05) is 23.3 Å². The molecule has 7 heteroatoms. The van der Waals surface area contributed by atoms with Crippen LogP contribution in [-0.4, -0.2) is 16.8 Å². The Labute approximate surface area is 194 Å². The summed E-state index contributed by atoms with van der Waals surface area (Å²) in [5, 5.41) is 13.1. The Morgan fingerprint density at radius 2 is 1.71 bits per heavy atom. The zero-order valence-electron chi connectivity index (χ0n) is 17.9. The van der Waals surface area contributed by atoms with E-state index >= 15 is 0 Å². The zero-order chi connectivity index (χ0) is 23.5. The van der Waals surface area contributed by atoms with Crippen LogP contribution < -0.4 is 4.74 Å². The van der Waals surface area contributed by atoms with Crippen molar-refractivity contribution >= 4 is 34.4 Å². The monoisotopic (exact) mass is 450 g/mol. The van der Waals surface area contributed by atoms with Gasteiger partial charge in [-0.3, -0.25) is 10.1 Å². The molecule has 0 unspecified atom stereocenters. The van der Waals surface area contributed by atoms with Crippen LogP contribution in [0.25, 0.3) is 16.8 Å². The van der Waals surface area contributed by atoms with Gasteiger partial charge in [-0.15, -0.1) is 0 Å². The Balaban J connectivity index is 1.40. The Hall–Kier alpha value is -4.78. The quantitative estimate of drug-likeness (QED) is 0.163. The maximum atomic E-state index is 12.5. The minimum Gasteiger partial charge on any atom is -0.488 e. The Morgan fingerprint density at radius 3 is 2.56 bits per heavy atom. The highest BCUT2D eigenvalue weighted by Gasteiger charge is 2.24. The number of ether oxygens (including phenoxy) is 2. The second-order valence-corrected chi connectivity index (χ2v) is 7.65. The summed E-state index contributed by atoms with van der Waals surface area (Å²) in [5.74, 6) is 0.220. The van der Waals surface area contributed by atoms with Crippen molar-refractivity contribution in [3.8, 4) is 5.75 Å². The van der Waals surface area contributed by atoms with Crippen LogP contribution in [0, 0.1) is 10.1 Å². The molecule has 7 nitrogen and oxygen atoms in total. The van der Waals surface area contributed by atoms with Crippen LogP contribution in [0.1, 0.15) is 16.7 Å². The molecule has 0 atom stereocenters. The fraction of sp³-hybridized carbons (Fsp3) is 0.0370. The average molecular weight is 450 g/mol. The third-order valence-corrected chi connectivity index (χ3v) is 5.34. The molecule has 0 aromatic heterocycles. The largest absolute Gasteiger partial charge is 0.488 e. The van der Waals surface area contributed by atoms with E-state index in [4.69, 9.17) is 9.47 Å². The smallest absolute Gasteiger partial charge is 0.363 e. The van der Waals surface area contributed by atoms with E-state index < -0.39 is 10.9 Å². The molecule has 34 heavy (non-hydrogen) atoms. The second kappa shape index (κ2) is 8.99. The molecule has 0 saturated heterocycles. The van der Waals surface area contributed by atoms with Gasteiger partial charge in [-0.25, -0.2) is 9.79 Å². The average Bonchev–Trinajstić information content (AvgIpc) is 3.23. The predicted molar refractivity (Wildman–Crippen MR) is 128 cm³/mol. The number of cyclic esters (lactones) is 1. The Bertz CT molecular complexity index is 1490. The van der Waals surface area contributed by atoms with Crippen molar-refractivity contribution in [3.05, 3.63) is 123 Å². The molecule has 0 N–H and O–H groups in total. The number of nitro groups is 1. The van der Waals surface area contributed by atoms with E-state index in [1.165, 1.54) is 12.1 Å². The van der Waals surface area contributed by atoms with E-state index in [0.29, 0.717) is 22.4 Å². The number of nitro benzene ring substituents is 1. The van der Waals surface area contributed by atoms with Crippen molar-refractivity contribution < 1.29 is 19.2 Å².